The van der Waals surface area contributed by atoms with Crippen molar-refractivity contribution in [1.82, 2.24) is 0 Å². The molecular weight excluding hydrogens is 186 g/mol. The van der Waals surface area contributed by atoms with Gasteiger partial charge >= 0.3 is 5.97 Å². The predicted molar refractivity (Wildman–Crippen MR) is 50.8 cm³/mol. The minimum atomic E-state index is -0.380. The Balaban J connectivity index is 0.000000255. The number of rotatable bonds is 1. The third kappa shape index (κ3) is 5.00. The van der Waals surface area contributed by atoms with Crippen molar-refractivity contribution in [3.63, 3.8) is 0 Å². The number of benzene rings is 1. The molecule has 0 radical (unpaired) electrons. The van der Waals surface area contributed by atoms with Crippen LogP contribution in [-0.2, 0) is 9.53 Å². The summed E-state index contributed by atoms with van der Waals surface area (Å²) in [6.07, 6.45) is 0. The molecule has 78 valence electrons. The summed E-state index contributed by atoms with van der Waals surface area (Å²) >= 11 is 0. The maximum atomic E-state index is 9.83. The van der Waals surface area contributed by atoms with Crippen molar-refractivity contribution in [3.8, 4) is 11.5 Å². The van der Waals surface area contributed by atoms with Crippen LogP contribution in [0.5, 0.6) is 11.5 Å². The predicted octanol–water partition coefficient (Wildman–Crippen LogP) is 0.216. The van der Waals surface area contributed by atoms with Crippen molar-refractivity contribution in [2.45, 2.75) is 0 Å². The van der Waals surface area contributed by atoms with Gasteiger partial charge in [-0.25, -0.2) is 0 Å². The van der Waals surface area contributed by atoms with E-state index in [1.807, 2.05) is 0 Å². The fourth-order valence-corrected chi connectivity index (χ4v) is 0.547. The van der Waals surface area contributed by atoms with E-state index in [2.05, 4.69) is 4.74 Å². The molecule has 0 saturated heterocycles. The molecule has 0 aliphatic rings. The molecule has 0 aromatic heterocycles. The van der Waals surface area contributed by atoms with Crippen molar-refractivity contribution in [3.05, 3.63) is 24.3 Å². The number of hydrogen-bond acceptors (Lipinski definition) is 5. The summed E-state index contributed by atoms with van der Waals surface area (Å²) in [6.45, 7) is -0.0312. The molecule has 0 unspecified atom stereocenters. The van der Waals surface area contributed by atoms with Gasteiger partial charge in [-0.1, -0.05) is 12.1 Å². The van der Waals surface area contributed by atoms with E-state index in [-0.39, 0.29) is 24.0 Å². The lowest BCUT2D eigenvalue weighted by Gasteiger charge is -1.91. The minimum absolute atomic E-state index is 0.0312. The second kappa shape index (κ2) is 6.73. The Bertz CT molecular complexity index is 261. The van der Waals surface area contributed by atoms with Gasteiger partial charge in [0.1, 0.15) is 0 Å². The Hall–Kier alpha value is -1.75. The standard InChI is InChI=1S/C6H6O2.C3H7NO2/c7-5-3-1-2-4-6(5)8;1-6-3(5)2-4/h1-4,7-8H;2,4H2,1H3. The summed E-state index contributed by atoms with van der Waals surface area (Å²) in [5.74, 6) is -0.532. The molecule has 0 heterocycles. The van der Waals surface area contributed by atoms with E-state index in [9.17, 15) is 4.79 Å². The normalized spacial score (nSPS) is 8.43. The van der Waals surface area contributed by atoms with Gasteiger partial charge in [-0.3, -0.25) is 4.79 Å². The van der Waals surface area contributed by atoms with Gasteiger partial charge < -0.3 is 20.7 Å². The lowest BCUT2D eigenvalue weighted by molar-refractivity contribution is -0.138. The number of esters is 1. The number of phenols is 2. The van der Waals surface area contributed by atoms with Crippen molar-refractivity contribution in [2.24, 2.45) is 5.73 Å². The quantitative estimate of drug-likeness (QED) is 0.444. The molecule has 0 aliphatic carbocycles. The van der Waals surface area contributed by atoms with Crippen LogP contribution in [0.2, 0.25) is 0 Å². The fourth-order valence-electron chi connectivity index (χ4n) is 0.547. The topological polar surface area (TPSA) is 92.8 Å². The Morgan fingerprint density at radius 3 is 1.93 bits per heavy atom. The molecule has 1 aromatic rings. The lowest BCUT2D eigenvalue weighted by atomic mass is 10.3. The number of nitrogens with two attached hydrogens (primary N) is 1. The van der Waals surface area contributed by atoms with E-state index >= 15 is 0 Å². The monoisotopic (exact) mass is 199 g/mol. The van der Waals surface area contributed by atoms with Gasteiger partial charge in [0, 0.05) is 0 Å². The Labute approximate surface area is 81.7 Å². The summed E-state index contributed by atoms with van der Waals surface area (Å²) in [5.41, 5.74) is 4.81. The van der Waals surface area contributed by atoms with Gasteiger partial charge in [-0.05, 0) is 12.1 Å². The minimum Gasteiger partial charge on any atom is -0.504 e. The zero-order valence-electron chi connectivity index (χ0n) is 7.80. The van der Waals surface area contributed by atoms with Gasteiger partial charge in [0.25, 0.3) is 0 Å². The molecule has 4 N–H and O–H groups in total. The Kier molecular flexibility index (Phi) is 5.89. The van der Waals surface area contributed by atoms with Crippen molar-refractivity contribution in [1.29, 1.82) is 0 Å². The summed E-state index contributed by atoms with van der Waals surface area (Å²) in [7, 11) is 1.30. The molecule has 0 atom stereocenters. The maximum absolute atomic E-state index is 9.83. The zero-order chi connectivity index (χ0) is 11.0. The van der Waals surface area contributed by atoms with E-state index in [1.165, 1.54) is 19.2 Å². The average molecular weight is 199 g/mol. The van der Waals surface area contributed by atoms with Crippen LogP contribution in [0, 0.1) is 0 Å². The molecular formula is C9H13NO4. The van der Waals surface area contributed by atoms with E-state index in [1.54, 1.807) is 12.1 Å². The maximum Gasteiger partial charge on any atom is 0.319 e. The second-order valence-electron chi connectivity index (χ2n) is 2.27. The van der Waals surface area contributed by atoms with E-state index in [0.29, 0.717) is 0 Å². The first-order valence-corrected chi connectivity index (χ1v) is 3.85. The first kappa shape index (κ1) is 12.2. The number of para-hydroxylation sites is 2. The molecule has 0 bridgehead atoms. The number of ether oxygens (including phenoxy) is 1. The Morgan fingerprint density at radius 2 is 1.79 bits per heavy atom. The highest BCUT2D eigenvalue weighted by Crippen LogP contribution is 2.21. The average Bonchev–Trinajstić information content (AvgIpc) is 2.22. The van der Waals surface area contributed by atoms with Crippen molar-refractivity contribution >= 4 is 5.97 Å². The highest BCUT2D eigenvalue weighted by atomic mass is 16.5. The molecule has 5 heteroatoms. The van der Waals surface area contributed by atoms with E-state index in [4.69, 9.17) is 15.9 Å². The highest BCUT2D eigenvalue weighted by molar-refractivity contribution is 5.70. The van der Waals surface area contributed by atoms with Gasteiger partial charge in [0.15, 0.2) is 11.5 Å². The molecule has 0 fully saturated rings. The molecule has 0 amide bonds. The summed E-state index contributed by atoms with van der Waals surface area (Å²) in [6, 6.07) is 6.15. The number of carbonyl (C=O) groups is 1. The van der Waals surface area contributed by atoms with E-state index in [0.717, 1.165) is 0 Å². The zero-order valence-corrected chi connectivity index (χ0v) is 7.80. The summed E-state index contributed by atoms with van der Waals surface area (Å²) in [5, 5.41) is 17.3. The molecule has 5 nitrogen and oxygen atoms in total. The van der Waals surface area contributed by atoms with Crippen LogP contribution in [0.25, 0.3) is 0 Å². The van der Waals surface area contributed by atoms with Crippen LogP contribution < -0.4 is 5.73 Å². The van der Waals surface area contributed by atoms with Crippen LogP contribution in [0.4, 0.5) is 0 Å². The second-order valence-corrected chi connectivity index (χ2v) is 2.27. The van der Waals surface area contributed by atoms with Crippen LogP contribution in [0.1, 0.15) is 0 Å². The van der Waals surface area contributed by atoms with Gasteiger partial charge in [-0.15, -0.1) is 0 Å². The van der Waals surface area contributed by atoms with E-state index < -0.39 is 0 Å². The first-order valence-electron chi connectivity index (χ1n) is 3.85. The smallest absolute Gasteiger partial charge is 0.319 e. The molecule has 14 heavy (non-hydrogen) atoms. The van der Waals surface area contributed by atoms with Crippen molar-refractivity contribution < 1.29 is 19.7 Å². The summed E-state index contributed by atoms with van der Waals surface area (Å²) < 4.78 is 4.14. The van der Waals surface area contributed by atoms with Gasteiger partial charge in [0.2, 0.25) is 0 Å². The van der Waals surface area contributed by atoms with Crippen LogP contribution in [0.15, 0.2) is 24.3 Å². The fraction of sp³-hybridized carbons (Fsp3) is 0.222. The summed E-state index contributed by atoms with van der Waals surface area (Å²) in [4.78, 5) is 9.83. The third-order valence-electron chi connectivity index (χ3n) is 1.28. The largest absolute Gasteiger partial charge is 0.504 e. The number of methoxy groups -OCH3 is 1. The number of hydrogen-bond donors (Lipinski definition) is 3. The van der Waals surface area contributed by atoms with Crippen LogP contribution in [-0.4, -0.2) is 29.8 Å². The van der Waals surface area contributed by atoms with Crippen LogP contribution >= 0.6 is 0 Å². The molecule has 0 aliphatic heterocycles. The Morgan fingerprint density at radius 1 is 1.36 bits per heavy atom. The van der Waals surface area contributed by atoms with Crippen molar-refractivity contribution in [2.75, 3.05) is 13.7 Å². The first-order chi connectivity index (χ1) is 6.61. The number of carbonyl (C=O) groups excluding carboxylic acids is 1. The third-order valence-corrected chi connectivity index (χ3v) is 1.28. The molecule has 0 saturated carbocycles. The van der Waals surface area contributed by atoms with Gasteiger partial charge in [-0.2, -0.15) is 0 Å². The molecule has 0 spiro atoms. The van der Waals surface area contributed by atoms with Gasteiger partial charge in [0.05, 0.1) is 13.7 Å². The molecule has 1 rings (SSSR count). The number of aromatic hydroxyl groups is 2. The van der Waals surface area contributed by atoms with Crippen LogP contribution in [0.3, 0.4) is 0 Å². The highest BCUT2D eigenvalue weighted by Gasteiger charge is 1.90. The SMILES string of the molecule is COC(=O)CN.Oc1ccccc1O. The molecule has 1 aromatic carbocycles. The lowest BCUT2D eigenvalue weighted by Crippen LogP contribution is -2.14. The number of phenolic OH excluding ortho intramolecular Hbond substituents is 2.